The number of benzene rings is 1. The summed E-state index contributed by atoms with van der Waals surface area (Å²) in [7, 11) is 1.48. The maximum Gasteiger partial charge on any atom is 0.356 e. The van der Waals surface area contributed by atoms with E-state index >= 15 is 0 Å². The molecule has 0 radical (unpaired) electrons. The zero-order valence-electron chi connectivity index (χ0n) is 14.7. The Balaban J connectivity index is 2.14. The van der Waals surface area contributed by atoms with Gasteiger partial charge in [-0.25, -0.2) is 14.2 Å². The molecule has 2 N–H and O–H groups in total. The second-order valence-corrected chi connectivity index (χ2v) is 5.69. The Kier molecular flexibility index (Phi) is 4.89. The first kappa shape index (κ1) is 18.1. The number of halogens is 1. The molecule has 0 saturated carbocycles. The summed E-state index contributed by atoms with van der Waals surface area (Å²) in [6.45, 7) is 5.50. The number of rotatable bonds is 6. The maximum atomic E-state index is 14.4. The molecule has 0 saturated heterocycles. The van der Waals surface area contributed by atoms with Crippen LogP contribution >= 0.6 is 0 Å². The molecule has 0 spiro atoms. The number of nitrogens with zero attached hydrogens (tertiary/aromatic N) is 3. The van der Waals surface area contributed by atoms with E-state index in [1.807, 2.05) is 0 Å². The highest BCUT2D eigenvalue weighted by Gasteiger charge is 2.17. The van der Waals surface area contributed by atoms with Crippen molar-refractivity contribution in [1.82, 2.24) is 19.7 Å². The Labute approximate surface area is 154 Å². The monoisotopic (exact) mass is 368 g/mol. The van der Waals surface area contributed by atoms with Crippen LogP contribution in [0.5, 0.6) is 5.75 Å². The van der Waals surface area contributed by atoms with Gasteiger partial charge in [0.1, 0.15) is 17.9 Å². The van der Waals surface area contributed by atoms with Crippen molar-refractivity contribution >= 4 is 23.7 Å². The molecule has 0 aliphatic heterocycles. The number of imidazole rings is 1. The molecule has 0 fully saturated rings. The Morgan fingerprint density at radius 1 is 1.44 bits per heavy atom. The van der Waals surface area contributed by atoms with Crippen LogP contribution in [0.2, 0.25) is 0 Å². The van der Waals surface area contributed by atoms with Gasteiger partial charge >= 0.3 is 5.97 Å². The fourth-order valence-corrected chi connectivity index (χ4v) is 2.74. The summed E-state index contributed by atoms with van der Waals surface area (Å²) >= 11 is 0. The van der Waals surface area contributed by atoms with Crippen molar-refractivity contribution in [2.75, 3.05) is 7.11 Å². The number of nitrogens with one attached hydrogen (secondary N) is 1. The minimum atomic E-state index is -1.14. The van der Waals surface area contributed by atoms with Crippen LogP contribution in [0, 0.1) is 5.82 Å². The molecule has 0 unspecified atom stereocenters. The quantitative estimate of drug-likeness (QED) is 0.693. The average molecular weight is 368 g/mol. The van der Waals surface area contributed by atoms with Gasteiger partial charge < -0.3 is 9.84 Å². The predicted molar refractivity (Wildman–Crippen MR) is 99.3 cm³/mol. The highest BCUT2D eigenvalue weighted by molar-refractivity contribution is 5.87. The molecule has 1 aromatic carbocycles. The van der Waals surface area contributed by atoms with Gasteiger partial charge in [-0.3, -0.25) is 9.67 Å². The van der Waals surface area contributed by atoms with Gasteiger partial charge in [-0.2, -0.15) is 5.10 Å². The van der Waals surface area contributed by atoms with Gasteiger partial charge in [-0.05, 0) is 36.8 Å². The third-order valence-electron chi connectivity index (χ3n) is 4.01. The van der Waals surface area contributed by atoms with Crippen molar-refractivity contribution in [1.29, 1.82) is 0 Å². The van der Waals surface area contributed by atoms with E-state index in [4.69, 9.17) is 9.84 Å². The van der Waals surface area contributed by atoms with Crippen LogP contribution < -0.4 is 4.74 Å². The number of aromatic carboxylic acids is 1. The third-order valence-corrected chi connectivity index (χ3v) is 4.01. The fourth-order valence-electron chi connectivity index (χ4n) is 2.74. The Morgan fingerprint density at radius 3 is 2.85 bits per heavy atom. The molecule has 0 atom stereocenters. The van der Waals surface area contributed by atoms with E-state index < -0.39 is 11.8 Å². The van der Waals surface area contributed by atoms with Crippen LogP contribution in [0.15, 0.2) is 37.3 Å². The third kappa shape index (κ3) is 3.37. The number of H-pyrrole nitrogens is 1. The highest BCUT2D eigenvalue weighted by atomic mass is 19.1. The van der Waals surface area contributed by atoms with E-state index in [0.29, 0.717) is 34.0 Å². The van der Waals surface area contributed by atoms with E-state index in [-0.39, 0.29) is 5.69 Å². The Morgan fingerprint density at radius 2 is 2.22 bits per heavy atom. The second kappa shape index (κ2) is 7.28. The van der Waals surface area contributed by atoms with Crippen molar-refractivity contribution in [2.45, 2.75) is 6.92 Å². The van der Waals surface area contributed by atoms with E-state index in [9.17, 15) is 9.18 Å². The van der Waals surface area contributed by atoms with Crippen LogP contribution in [-0.4, -0.2) is 37.9 Å². The number of aromatic nitrogens is 4. The molecule has 7 nitrogen and oxygen atoms in total. The van der Waals surface area contributed by atoms with Crippen LogP contribution in [-0.2, 0) is 0 Å². The number of hydrogen-bond acceptors (Lipinski definition) is 4. The van der Waals surface area contributed by atoms with Crippen molar-refractivity contribution in [3.8, 4) is 11.6 Å². The molecule has 3 aromatic rings. The molecule has 0 amide bonds. The molecule has 27 heavy (non-hydrogen) atoms. The van der Waals surface area contributed by atoms with Gasteiger partial charge in [-0.1, -0.05) is 12.6 Å². The lowest BCUT2D eigenvalue weighted by Gasteiger charge is -2.10. The molecular formula is C19H17FN4O3. The van der Waals surface area contributed by atoms with Crippen molar-refractivity contribution in [2.24, 2.45) is 0 Å². The first-order valence-corrected chi connectivity index (χ1v) is 7.96. The molecule has 138 valence electrons. The van der Waals surface area contributed by atoms with Gasteiger partial charge in [-0.15, -0.1) is 0 Å². The summed E-state index contributed by atoms with van der Waals surface area (Å²) in [5.41, 5.74) is 2.04. The molecule has 0 aliphatic carbocycles. The maximum absolute atomic E-state index is 14.4. The molecule has 8 heteroatoms. The molecule has 2 aromatic heterocycles. The summed E-state index contributed by atoms with van der Waals surface area (Å²) in [4.78, 5) is 14.9. The van der Waals surface area contributed by atoms with Crippen LogP contribution in [0.25, 0.3) is 23.5 Å². The number of methoxy groups -OCH3 is 1. The van der Waals surface area contributed by atoms with Crippen molar-refractivity contribution in [3.63, 3.8) is 0 Å². The summed E-state index contributed by atoms with van der Waals surface area (Å²) in [6.07, 6.45) is 6.00. The van der Waals surface area contributed by atoms with Crippen LogP contribution in [0.3, 0.4) is 0 Å². The fraction of sp³-hybridized carbons (Fsp3) is 0.105. The molecular weight excluding hydrogens is 351 g/mol. The second-order valence-electron chi connectivity index (χ2n) is 5.69. The zero-order chi connectivity index (χ0) is 19.6. The van der Waals surface area contributed by atoms with Gasteiger partial charge in [0.2, 0.25) is 0 Å². The molecule has 3 rings (SSSR count). The van der Waals surface area contributed by atoms with Crippen molar-refractivity contribution < 1.29 is 19.0 Å². The van der Waals surface area contributed by atoms with Gasteiger partial charge in [0.25, 0.3) is 0 Å². The number of allylic oxidation sites excluding steroid dienone is 1. The van der Waals surface area contributed by atoms with E-state index in [1.54, 1.807) is 31.2 Å². The SMILES string of the molecule is C=Cc1[nH]nc(-n2cnc(C(=O)O)c2)c1/C=C(\C)c1c(F)cccc1OC. The molecule has 0 aliphatic rings. The van der Waals surface area contributed by atoms with Gasteiger partial charge in [0.05, 0.1) is 18.4 Å². The standard InChI is InChI=1S/C19H17FN4O3/c1-4-14-12(8-11(2)17-13(20)6-5-7-16(17)27-3)18(23-22-14)24-9-15(19(25)26)21-10-24/h4-10H,1H2,2-3H3,(H,22,23)(H,25,26)/b11-8+. The van der Waals surface area contributed by atoms with E-state index in [0.717, 1.165) is 0 Å². The van der Waals surface area contributed by atoms with Crippen LogP contribution in [0.4, 0.5) is 4.39 Å². The highest BCUT2D eigenvalue weighted by Crippen LogP contribution is 2.31. The topological polar surface area (TPSA) is 93.0 Å². The summed E-state index contributed by atoms with van der Waals surface area (Å²) < 4.78 is 21.1. The molecule has 2 heterocycles. The zero-order valence-corrected chi connectivity index (χ0v) is 14.7. The van der Waals surface area contributed by atoms with E-state index in [1.165, 1.54) is 30.3 Å². The summed E-state index contributed by atoms with van der Waals surface area (Å²) in [6, 6.07) is 4.60. The largest absolute Gasteiger partial charge is 0.496 e. The van der Waals surface area contributed by atoms with E-state index in [2.05, 4.69) is 21.8 Å². The number of hydrogen-bond donors (Lipinski definition) is 2. The lowest BCUT2D eigenvalue weighted by atomic mass is 10.0. The summed E-state index contributed by atoms with van der Waals surface area (Å²) in [5.74, 6) is -0.731. The van der Waals surface area contributed by atoms with Gasteiger partial charge in [0, 0.05) is 11.8 Å². The lowest BCUT2D eigenvalue weighted by molar-refractivity contribution is 0.0691. The number of aromatic amines is 1. The lowest BCUT2D eigenvalue weighted by Crippen LogP contribution is -1.97. The number of carbonyl (C=O) groups is 1. The van der Waals surface area contributed by atoms with Crippen LogP contribution in [0.1, 0.15) is 34.2 Å². The number of ether oxygens (including phenoxy) is 1. The first-order valence-electron chi connectivity index (χ1n) is 7.96. The Hall–Kier alpha value is -3.68. The number of carboxylic acids is 1. The smallest absolute Gasteiger partial charge is 0.356 e. The predicted octanol–water partition coefficient (Wildman–Crippen LogP) is 3.64. The average Bonchev–Trinajstić information content (AvgIpc) is 3.28. The minimum Gasteiger partial charge on any atom is -0.496 e. The minimum absolute atomic E-state index is 0.111. The molecule has 0 bridgehead atoms. The van der Waals surface area contributed by atoms with Gasteiger partial charge in [0.15, 0.2) is 11.5 Å². The normalized spacial score (nSPS) is 11.4. The summed E-state index contributed by atoms with van der Waals surface area (Å²) in [5, 5.41) is 16.1. The number of carboxylic acid groups (broad SMARTS) is 1. The first-order chi connectivity index (χ1) is 13.0. The Bertz CT molecular complexity index is 1050. The van der Waals surface area contributed by atoms with Crippen molar-refractivity contribution in [3.05, 3.63) is 65.6 Å².